The van der Waals surface area contributed by atoms with Crippen molar-refractivity contribution in [3.63, 3.8) is 0 Å². The van der Waals surface area contributed by atoms with E-state index in [0.29, 0.717) is 69.6 Å². The van der Waals surface area contributed by atoms with E-state index in [4.69, 9.17) is 14.0 Å². The topological polar surface area (TPSA) is 134 Å². The summed E-state index contributed by atoms with van der Waals surface area (Å²) >= 11 is 0. The Morgan fingerprint density at radius 2 is 2.03 bits per heavy atom. The van der Waals surface area contributed by atoms with Gasteiger partial charge >= 0.3 is 0 Å². The number of halogens is 1. The number of benzene rings is 1. The first-order chi connectivity index (χ1) is 17.0. The van der Waals surface area contributed by atoms with Gasteiger partial charge in [-0.1, -0.05) is 5.16 Å². The lowest BCUT2D eigenvalue weighted by Gasteiger charge is -2.24. The van der Waals surface area contributed by atoms with Gasteiger partial charge in [-0.05, 0) is 32.8 Å². The number of anilines is 3. The summed E-state index contributed by atoms with van der Waals surface area (Å²) in [5.41, 5.74) is 2.77. The zero-order valence-electron chi connectivity index (χ0n) is 19.5. The van der Waals surface area contributed by atoms with E-state index in [0.717, 1.165) is 12.8 Å². The number of nitrogens with zero attached hydrogens (tertiary/aromatic N) is 4. The van der Waals surface area contributed by atoms with Gasteiger partial charge in [-0.15, -0.1) is 0 Å². The van der Waals surface area contributed by atoms with Crippen LogP contribution in [0.4, 0.5) is 21.8 Å². The molecule has 0 unspecified atom stereocenters. The highest BCUT2D eigenvalue weighted by atomic mass is 19.1. The molecule has 1 aliphatic rings. The Bertz CT molecular complexity index is 1410. The maximum Gasteiger partial charge on any atom is 0.231 e. The van der Waals surface area contributed by atoms with Crippen LogP contribution in [0.1, 0.15) is 29.9 Å². The predicted octanol–water partition coefficient (Wildman–Crippen LogP) is 4.58. The van der Waals surface area contributed by atoms with Crippen LogP contribution in [-0.2, 0) is 4.74 Å². The van der Waals surface area contributed by atoms with Gasteiger partial charge < -0.3 is 29.6 Å². The van der Waals surface area contributed by atoms with Gasteiger partial charge in [0.15, 0.2) is 0 Å². The average Bonchev–Trinajstić information content (AvgIpc) is 3.42. The Morgan fingerprint density at radius 3 is 2.71 bits per heavy atom. The summed E-state index contributed by atoms with van der Waals surface area (Å²) in [6.45, 7) is 4.80. The minimum atomic E-state index is -0.476. The first kappa shape index (κ1) is 22.6. The molecule has 0 saturated carbocycles. The van der Waals surface area contributed by atoms with Crippen LogP contribution in [0.15, 0.2) is 22.9 Å². The highest BCUT2D eigenvalue weighted by molar-refractivity contribution is 5.94. The minimum Gasteiger partial charge on any atom is -0.495 e. The van der Waals surface area contributed by atoms with Crippen LogP contribution < -0.4 is 15.4 Å². The lowest BCUT2D eigenvalue weighted by atomic mass is 10.0. The van der Waals surface area contributed by atoms with E-state index in [1.54, 1.807) is 26.1 Å². The summed E-state index contributed by atoms with van der Waals surface area (Å²) in [6, 6.07) is 5.24. The van der Waals surface area contributed by atoms with Crippen molar-refractivity contribution in [2.75, 3.05) is 31.0 Å². The van der Waals surface area contributed by atoms with Crippen LogP contribution in [0, 0.1) is 31.0 Å². The fourth-order valence-electron chi connectivity index (χ4n) is 4.32. The number of hydrogen-bond acceptors (Lipinski definition) is 9. The quantitative estimate of drug-likeness (QED) is 0.365. The Hall–Kier alpha value is -4.17. The highest BCUT2D eigenvalue weighted by Gasteiger charge is 2.22. The third-order valence-electron chi connectivity index (χ3n) is 6.05. The molecule has 0 amide bonds. The van der Waals surface area contributed by atoms with Crippen molar-refractivity contribution in [2.45, 2.75) is 32.7 Å². The van der Waals surface area contributed by atoms with Gasteiger partial charge in [0, 0.05) is 37.1 Å². The molecule has 180 valence electrons. The van der Waals surface area contributed by atoms with Crippen molar-refractivity contribution in [3.05, 3.63) is 41.2 Å². The lowest BCUT2D eigenvalue weighted by molar-refractivity contribution is 0.0904. The number of methoxy groups -OCH3 is 1. The van der Waals surface area contributed by atoms with Crippen molar-refractivity contribution >= 4 is 28.5 Å². The Balaban J connectivity index is 1.54. The highest BCUT2D eigenvalue weighted by Crippen LogP contribution is 2.37. The summed E-state index contributed by atoms with van der Waals surface area (Å²) in [4.78, 5) is 12.2. The largest absolute Gasteiger partial charge is 0.495 e. The molecule has 0 bridgehead atoms. The van der Waals surface area contributed by atoms with E-state index in [9.17, 15) is 5.26 Å². The molecule has 5 rings (SSSR count). The van der Waals surface area contributed by atoms with E-state index in [1.807, 2.05) is 0 Å². The van der Waals surface area contributed by atoms with Crippen molar-refractivity contribution in [3.8, 4) is 22.9 Å². The van der Waals surface area contributed by atoms with Gasteiger partial charge in [0.1, 0.15) is 34.9 Å². The summed E-state index contributed by atoms with van der Waals surface area (Å²) in [7, 11) is 1.50. The summed E-state index contributed by atoms with van der Waals surface area (Å²) in [5.74, 6) is 1.18. The second kappa shape index (κ2) is 9.23. The number of aromatic nitrogens is 4. The van der Waals surface area contributed by atoms with Crippen molar-refractivity contribution in [1.82, 2.24) is 20.1 Å². The summed E-state index contributed by atoms with van der Waals surface area (Å²) < 4.78 is 31.4. The van der Waals surface area contributed by atoms with Crippen LogP contribution in [-0.4, -0.2) is 46.5 Å². The molecule has 0 spiro atoms. The van der Waals surface area contributed by atoms with E-state index in [-0.39, 0.29) is 12.0 Å². The number of ether oxygens (including phenoxy) is 2. The van der Waals surface area contributed by atoms with Gasteiger partial charge in [-0.25, -0.2) is 4.39 Å². The fraction of sp³-hybridized carbons (Fsp3) is 0.333. The molecular formula is C24H24FN7O3. The molecule has 10 nitrogen and oxygen atoms in total. The maximum atomic E-state index is 15.2. The lowest BCUT2D eigenvalue weighted by Crippen LogP contribution is -2.28. The van der Waals surface area contributed by atoms with Crippen LogP contribution in [0.3, 0.4) is 0 Å². The average molecular weight is 478 g/mol. The molecule has 1 fully saturated rings. The number of hydrogen-bond donors (Lipinski definition) is 3. The number of nitrogens with one attached hydrogen (secondary N) is 3. The predicted molar refractivity (Wildman–Crippen MR) is 127 cm³/mol. The van der Waals surface area contributed by atoms with E-state index >= 15 is 4.39 Å². The first-order valence-corrected chi connectivity index (χ1v) is 11.2. The zero-order chi connectivity index (χ0) is 24.5. The number of fused-ring (bicyclic) bond motifs is 1. The molecule has 4 heterocycles. The van der Waals surface area contributed by atoms with Crippen molar-refractivity contribution in [2.24, 2.45) is 0 Å². The van der Waals surface area contributed by atoms with Gasteiger partial charge in [0.25, 0.3) is 0 Å². The molecule has 11 heteroatoms. The number of H-pyrrole nitrogens is 1. The zero-order valence-corrected chi connectivity index (χ0v) is 19.5. The van der Waals surface area contributed by atoms with Gasteiger partial charge in [-0.3, -0.25) is 0 Å². The number of aryl methyl sites for hydroxylation is 2. The fourth-order valence-corrected chi connectivity index (χ4v) is 4.32. The van der Waals surface area contributed by atoms with E-state index in [2.05, 4.69) is 36.8 Å². The second-order valence-corrected chi connectivity index (χ2v) is 8.32. The van der Waals surface area contributed by atoms with Crippen LogP contribution in [0.25, 0.3) is 22.2 Å². The Morgan fingerprint density at radius 1 is 1.23 bits per heavy atom. The summed E-state index contributed by atoms with van der Waals surface area (Å²) in [6.07, 6.45) is 3.24. The molecule has 3 N–H and O–H groups in total. The third kappa shape index (κ3) is 4.24. The molecule has 1 aliphatic heterocycles. The van der Waals surface area contributed by atoms with Crippen LogP contribution in [0.2, 0.25) is 0 Å². The van der Waals surface area contributed by atoms with E-state index in [1.165, 1.54) is 13.2 Å². The standard InChI is InChI=1S/C24H24FN7O3/c1-12-20(13(2)35-32-12)16-8-19(33-3)18(9-17(16)25)29-24-30-22-21(14(10-26)11-27-22)23(31-24)28-15-4-6-34-7-5-15/h8-9,11,15H,4-7H2,1-3H3,(H3,27,28,29,30,31). The molecule has 3 aromatic heterocycles. The minimum absolute atomic E-state index is 0.150. The van der Waals surface area contributed by atoms with Gasteiger partial charge in [-0.2, -0.15) is 15.2 Å². The molecular weight excluding hydrogens is 453 g/mol. The molecule has 1 saturated heterocycles. The monoisotopic (exact) mass is 477 g/mol. The Labute approximate surface area is 200 Å². The maximum absolute atomic E-state index is 15.2. The van der Waals surface area contributed by atoms with Gasteiger partial charge in [0.2, 0.25) is 5.95 Å². The number of rotatable bonds is 6. The third-order valence-corrected chi connectivity index (χ3v) is 6.05. The molecule has 0 radical (unpaired) electrons. The molecule has 0 atom stereocenters. The van der Waals surface area contributed by atoms with Crippen molar-refractivity contribution in [1.29, 1.82) is 5.26 Å². The van der Waals surface area contributed by atoms with Gasteiger partial charge in [0.05, 0.1) is 35.0 Å². The van der Waals surface area contributed by atoms with Crippen molar-refractivity contribution < 1.29 is 18.4 Å². The molecule has 1 aromatic carbocycles. The Kier molecular flexibility index (Phi) is 5.96. The first-order valence-electron chi connectivity index (χ1n) is 11.2. The SMILES string of the molecule is COc1cc(-c2c(C)noc2C)c(F)cc1Nc1nc(NC2CCOCC2)c2c(C#N)c[nH]c2n1. The second-order valence-electron chi connectivity index (χ2n) is 8.32. The van der Waals surface area contributed by atoms with Crippen LogP contribution in [0.5, 0.6) is 5.75 Å². The summed E-state index contributed by atoms with van der Waals surface area (Å²) in [5, 5.41) is 20.6. The molecule has 4 aromatic rings. The normalized spacial score (nSPS) is 14.1. The number of aromatic amines is 1. The molecule has 0 aliphatic carbocycles. The smallest absolute Gasteiger partial charge is 0.231 e. The van der Waals surface area contributed by atoms with Crippen LogP contribution >= 0.6 is 0 Å². The molecule has 35 heavy (non-hydrogen) atoms. The van der Waals surface area contributed by atoms with E-state index < -0.39 is 5.82 Å². The number of nitriles is 1.